The van der Waals surface area contributed by atoms with Crippen molar-refractivity contribution in [2.24, 2.45) is 0 Å². The van der Waals surface area contributed by atoms with E-state index in [1.54, 1.807) is 18.2 Å². The number of ether oxygens (including phenoxy) is 1. The molecule has 0 bridgehead atoms. The first kappa shape index (κ1) is 17.9. The topological polar surface area (TPSA) is 120 Å². The number of hydrogen-bond donors (Lipinski definition) is 2. The van der Waals surface area contributed by atoms with Crippen LogP contribution in [0.2, 0.25) is 0 Å². The smallest absolute Gasteiger partial charge is 0.337 e. The Morgan fingerprint density at radius 2 is 2.20 bits per heavy atom. The lowest BCUT2D eigenvalue weighted by atomic mass is 10.1. The highest BCUT2D eigenvalue weighted by molar-refractivity contribution is 5.92. The quantitative estimate of drug-likeness (QED) is 0.578. The lowest BCUT2D eigenvalue weighted by Crippen LogP contribution is -2.23. The van der Waals surface area contributed by atoms with Gasteiger partial charge in [0.25, 0.3) is 0 Å². The van der Waals surface area contributed by atoms with E-state index < -0.39 is 5.97 Å². The zero-order valence-electron chi connectivity index (χ0n) is 14.3. The molecule has 0 aliphatic rings. The molecule has 2 rings (SSSR count). The van der Waals surface area contributed by atoms with Crippen LogP contribution in [-0.2, 0) is 4.74 Å². The van der Waals surface area contributed by atoms with Crippen molar-refractivity contribution in [3.8, 4) is 6.07 Å². The van der Waals surface area contributed by atoms with Crippen molar-refractivity contribution in [1.82, 2.24) is 20.6 Å². The SMILES string of the molecule is CCN(CC)c1cc(C(=O)OC)ccc1NC=C(C#N)c1nn[nH]n1. The minimum Gasteiger partial charge on any atom is -0.465 e. The van der Waals surface area contributed by atoms with Gasteiger partial charge in [0.2, 0.25) is 5.82 Å². The first-order valence-corrected chi connectivity index (χ1v) is 7.72. The van der Waals surface area contributed by atoms with Gasteiger partial charge in [0.1, 0.15) is 11.6 Å². The second-order valence-corrected chi connectivity index (χ2v) is 4.95. The number of rotatable bonds is 7. The Bertz CT molecular complexity index is 789. The van der Waals surface area contributed by atoms with E-state index >= 15 is 0 Å². The zero-order valence-corrected chi connectivity index (χ0v) is 14.3. The summed E-state index contributed by atoms with van der Waals surface area (Å²) in [6.07, 6.45) is 1.50. The van der Waals surface area contributed by atoms with E-state index in [0.717, 1.165) is 24.5 Å². The van der Waals surface area contributed by atoms with Crippen molar-refractivity contribution in [3.63, 3.8) is 0 Å². The lowest BCUT2D eigenvalue weighted by Gasteiger charge is -2.24. The Kier molecular flexibility index (Phi) is 6.06. The highest BCUT2D eigenvalue weighted by Gasteiger charge is 2.14. The van der Waals surface area contributed by atoms with Crippen molar-refractivity contribution in [1.29, 1.82) is 5.26 Å². The summed E-state index contributed by atoms with van der Waals surface area (Å²) in [5.74, 6) is -0.203. The van der Waals surface area contributed by atoms with Crippen LogP contribution < -0.4 is 10.2 Å². The molecule has 0 spiro atoms. The van der Waals surface area contributed by atoms with E-state index in [0.29, 0.717) is 5.56 Å². The minimum absolute atomic E-state index is 0.200. The molecule has 1 aromatic carbocycles. The number of nitrogens with one attached hydrogen (secondary N) is 2. The molecule has 0 amide bonds. The van der Waals surface area contributed by atoms with Gasteiger partial charge in [-0.05, 0) is 37.3 Å². The third kappa shape index (κ3) is 4.11. The van der Waals surface area contributed by atoms with Gasteiger partial charge >= 0.3 is 5.97 Å². The number of aromatic amines is 1. The largest absolute Gasteiger partial charge is 0.465 e. The summed E-state index contributed by atoms with van der Waals surface area (Å²) in [6.45, 7) is 5.56. The summed E-state index contributed by atoms with van der Waals surface area (Å²) in [7, 11) is 1.35. The molecule has 9 nitrogen and oxygen atoms in total. The van der Waals surface area contributed by atoms with Crippen molar-refractivity contribution in [2.75, 3.05) is 30.4 Å². The van der Waals surface area contributed by atoms with Gasteiger partial charge in [0.15, 0.2) is 0 Å². The van der Waals surface area contributed by atoms with Gasteiger partial charge in [0, 0.05) is 19.3 Å². The second kappa shape index (κ2) is 8.44. The Morgan fingerprint density at radius 3 is 2.76 bits per heavy atom. The van der Waals surface area contributed by atoms with Crippen LogP contribution >= 0.6 is 0 Å². The summed E-state index contributed by atoms with van der Waals surface area (Å²) < 4.78 is 4.78. The molecular formula is C16H19N7O2. The summed E-state index contributed by atoms with van der Waals surface area (Å²) in [5, 5.41) is 25.7. The predicted molar refractivity (Wildman–Crippen MR) is 92.7 cm³/mol. The summed E-state index contributed by atoms with van der Waals surface area (Å²) in [5.41, 5.74) is 2.26. The van der Waals surface area contributed by atoms with Crippen LogP contribution in [-0.4, -0.2) is 46.8 Å². The molecule has 0 fully saturated rings. The molecule has 2 N–H and O–H groups in total. The van der Waals surface area contributed by atoms with Gasteiger partial charge in [-0.3, -0.25) is 0 Å². The number of aromatic nitrogens is 4. The number of tetrazole rings is 1. The van der Waals surface area contributed by atoms with Crippen molar-refractivity contribution >= 4 is 22.9 Å². The maximum Gasteiger partial charge on any atom is 0.337 e. The molecule has 1 heterocycles. The van der Waals surface area contributed by atoms with E-state index in [9.17, 15) is 10.1 Å². The van der Waals surface area contributed by atoms with Crippen LogP contribution in [0.1, 0.15) is 30.0 Å². The fourth-order valence-electron chi connectivity index (χ4n) is 2.30. The molecule has 0 unspecified atom stereocenters. The van der Waals surface area contributed by atoms with E-state index in [4.69, 9.17) is 4.74 Å². The first-order chi connectivity index (χ1) is 12.1. The Balaban J connectivity index is 2.39. The number of allylic oxidation sites excluding steroid dienone is 1. The summed E-state index contributed by atoms with van der Waals surface area (Å²) >= 11 is 0. The number of carbonyl (C=O) groups excluding carboxylic acids is 1. The van der Waals surface area contributed by atoms with Crippen molar-refractivity contribution in [2.45, 2.75) is 13.8 Å². The number of nitriles is 1. The van der Waals surface area contributed by atoms with Crippen molar-refractivity contribution < 1.29 is 9.53 Å². The number of nitrogens with zero attached hydrogens (tertiary/aromatic N) is 5. The minimum atomic E-state index is -0.403. The molecular weight excluding hydrogens is 322 g/mol. The molecule has 2 aromatic rings. The predicted octanol–water partition coefficient (Wildman–Crippen LogP) is 1.81. The highest BCUT2D eigenvalue weighted by Crippen LogP contribution is 2.28. The number of methoxy groups -OCH3 is 1. The number of anilines is 2. The molecule has 130 valence electrons. The van der Waals surface area contributed by atoms with Crippen LogP contribution in [0.3, 0.4) is 0 Å². The number of hydrogen-bond acceptors (Lipinski definition) is 8. The monoisotopic (exact) mass is 341 g/mol. The van der Waals surface area contributed by atoms with Crippen LogP contribution in [0.4, 0.5) is 11.4 Å². The van der Waals surface area contributed by atoms with Gasteiger partial charge in [0.05, 0.1) is 24.0 Å². The Hall–Kier alpha value is -3.41. The molecule has 0 saturated heterocycles. The second-order valence-electron chi connectivity index (χ2n) is 4.95. The van der Waals surface area contributed by atoms with E-state index in [1.165, 1.54) is 13.3 Å². The molecule has 0 aliphatic heterocycles. The molecule has 0 aliphatic carbocycles. The summed E-state index contributed by atoms with van der Waals surface area (Å²) in [6, 6.07) is 7.20. The molecule has 25 heavy (non-hydrogen) atoms. The lowest BCUT2D eigenvalue weighted by molar-refractivity contribution is 0.0601. The van der Waals surface area contributed by atoms with Crippen LogP contribution in [0, 0.1) is 11.3 Å². The fourth-order valence-corrected chi connectivity index (χ4v) is 2.30. The number of benzene rings is 1. The average molecular weight is 341 g/mol. The van der Waals surface area contributed by atoms with Gasteiger partial charge in [-0.2, -0.15) is 10.5 Å². The third-order valence-corrected chi connectivity index (χ3v) is 3.60. The first-order valence-electron chi connectivity index (χ1n) is 7.72. The zero-order chi connectivity index (χ0) is 18.2. The maximum absolute atomic E-state index is 11.8. The van der Waals surface area contributed by atoms with Crippen molar-refractivity contribution in [3.05, 3.63) is 35.8 Å². The van der Waals surface area contributed by atoms with Gasteiger partial charge in [-0.25, -0.2) is 4.79 Å². The third-order valence-electron chi connectivity index (χ3n) is 3.60. The number of esters is 1. The van der Waals surface area contributed by atoms with Crippen LogP contribution in [0.25, 0.3) is 5.57 Å². The molecule has 0 saturated carbocycles. The van der Waals surface area contributed by atoms with E-state index in [2.05, 4.69) is 30.8 Å². The summed E-state index contributed by atoms with van der Waals surface area (Å²) in [4.78, 5) is 13.9. The maximum atomic E-state index is 11.8. The van der Waals surface area contributed by atoms with Gasteiger partial charge in [-0.15, -0.1) is 10.2 Å². The molecule has 0 radical (unpaired) electrons. The molecule has 9 heteroatoms. The van der Waals surface area contributed by atoms with E-state index in [1.807, 2.05) is 19.9 Å². The van der Waals surface area contributed by atoms with Crippen LogP contribution in [0.15, 0.2) is 24.4 Å². The number of H-pyrrole nitrogens is 1. The molecule has 0 atom stereocenters. The Morgan fingerprint density at radius 1 is 1.44 bits per heavy atom. The average Bonchev–Trinajstić information content (AvgIpc) is 3.18. The van der Waals surface area contributed by atoms with Crippen LogP contribution in [0.5, 0.6) is 0 Å². The van der Waals surface area contributed by atoms with Gasteiger partial charge in [-0.1, -0.05) is 0 Å². The normalized spacial score (nSPS) is 10.9. The molecule has 1 aromatic heterocycles. The fraction of sp³-hybridized carbons (Fsp3) is 0.312. The Labute approximate surface area is 145 Å². The van der Waals surface area contributed by atoms with E-state index in [-0.39, 0.29) is 11.4 Å². The highest BCUT2D eigenvalue weighted by atomic mass is 16.5. The standard InChI is InChI=1S/C16H19N7O2/c1-4-23(5-2)14-8-11(16(24)25-3)6-7-13(14)18-10-12(9-17)15-19-21-22-20-15/h6-8,10,18H,4-5H2,1-3H3,(H,19,20,21,22). The number of carbonyl (C=O) groups is 1. The van der Waals surface area contributed by atoms with Gasteiger partial charge < -0.3 is 15.0 Å².